The Hall–Kier alpha value is -2.17. The van der Waals surface area contributed by atoms with E-state index in [-0.39, 0.29) is 11.9 Å². The first-order valence-corrected chi connectivity index (χ1v) is 9.00. The third-order valence-corrected chi connectivity index (χ3v) is 5.29. The third kappa shape index (κ3) is 3.08. The monoisotopic (exact) mass is 344 g/mol. The summed E-state index contributed by atoms with van der Waals surface area (Å²) in [4.78, 5) is 12.8. The number of hydrogen-bond donors (Lipinski definition) is 1. The molecule has 0 saturated heterocycles. The zero-order valence-corrected chi connectivity index (χ0v) is 14.4. The zero-order chi connectivity index (χ0) is 17.6. The van der Waals surface area contributed by atoms with Crippen LogP contribution in [0.25, 0.3) is 0 Å². The van der Waals surface area contributed by atoms with E-state index in [4.69, 9.17) is 0 Å². The van der Waals surface area contributed by atoms with E-state index in [1.807, 2.05) is 11.5 Å². The summed E-state index contributed by atoms with van der Waals surface area (Å²) in [6, 6.07) is 4.25. The van der Waals surface area contributed by atoms with Crippen LogP contribution in [-0.4, -0.2) is 16.5 Å². The highest BCUT2D eigenvalue weighted by Crippen LogP contribution is 2.31. The van der Waals surface area contributed by atoms with E-state index in [9.17, 15) is 13.6 Å². The lowest BCUT2D eigenvalue weighted by molar-refractivity contribution is 0.0941. The number of fused-ring (bicyclic) bond motifs is 1. The number of rotatable bonds is 4. The molecule has 4 rings (SSSR count). The van der Waals surface area contributed by atoms with E-state index in [0.29, 0.717) is 17.8 Å². The second kappa shape index (κ2) is 6.28. The Bertz CT molecular complexity index is 837. The Labute approximate surface area is 146 Å². The second-order valence-corrected chi connectivity index (χ2v) is 7.19. The summed E-state index contributed by atoms with van der Waals surface area (Å²) in [5.74, 6) is -1.74. The lowest BCUT2D eigenvalue weighted by atomic mass is 9.95. The van der Waals surface area contributed by atoms with Crippen molar-refractivity contribution in [3.8, 4) is 0 Å². The number of nitrogens with one attached hydrogen (secondary N) is 1. The fourth-order valence-corrected chi connectivity index (χ4v) is 3.84. The molecule has 1 fully saturated rings. The average Bonchev–Trinajstić information content (AvgIpc) is 3.36. The maximum absolute atomic E-state index is 13.6. The highest BCUT2D eigenvalue weighted by Gasteiger charge is 2.30. The molecule has 0 atom stereocenters. The lowest BCUT2D eigenvalue weighted by Gasteiger charge is -2.17. The van der Waals surface area contributed by atoms with Crippen LogP contribution in [-0.2, 0) is 19.4 Å². The van der Waals surface area contributed by atoms with E-state index in [1.165, 1.54) is 17.3 Å². The Morgan fingerprint density at radius 1 is 1.20 bits per heavy atom. The van der Waals surface area contributed by atoms with Crippen molar-refractivity contribution in [1.82, 2.24) is 9.88 Å². The minimum atomic E-state index is -0.848. The van der Waals surface area contributed by atoms with Crippen LogP contribution in [0.1, 0.15) is 58.6 Å². The second-order valence-electron chi connectivity index (χ2n) is 7.19. The van der Waals surface area contributed by atoms with Gasteiger partial charge in [-0.05, 0) is 74.3 Å². The molecule has 2 aliphatic carbocycles. The van der Waals surface area contributed by atoms with Crippen molar-refractivity contribution >= 4 is 5.91 Å². The molecule has 1 aromatic heterocycles. The molecule has 2 aliphatic rings. The number of carbonyl (C=O) groups is 1. The number of nitrogens with zero attached hydrogens (tertiary/aromatic N) is 1. The van der Waals surface area contributed by atoms with Gasteiger partial charge in [-0.25, -0.2) is 8.78 Å². The predicted octanol–water partition coefficient (Wildman–Crippen LogP) is 3.89. The van der Waals surface area contributed by atoms with Crippen molar-refractivity contribution in [2.45, 2.75) is 58.0 Å². The Morgan fingerprint density at radius 3 is 2.68 bits per heavy atom. The molecule has 5 heteroatoms. The van der Waals surface area contributed by atoms with Gasteiger partial charge in [0.2, 0.25) is 0 Å². The third-order valence-electron chi connectivity index (χ3n) is 5.29. The highest BCUT2D eigenvalue weighted by molar-refractivity contribution is 5.95. The summed E-state index contributed by atoms with van der Waals surface area (Å²) >= 11 is 0. The minimum absolute atomic E-state index is 0.0445. The Balaban J connectivity index is 1.75. The standard InChI is InChI=1S/C20H22F2N2O/c1-12-15-4-2-3-5-18(15)24(19(12)20(25)23-14-7-8-14)11-13-6-9-16(21)17(22)10-13/h6,9-10,14H,2-5,7-8,11H2,1H3,(H,23,25). The largest absolute Gasteiger partial charge is 0.348 e. The molecule has 1 heterocycles. The summed E-state index contributed by atoms with van der Waals surface area (Å²) in [6.45, 7) is 2.40. The molecule has 3 nitrogen and oxygen atoms in total. The van der Waals surface area contributed by atoms with Gasteiger partial charge >= 0.3 is 0 Å². The quantitative estimate of drug-likeness (QED) is 0.897. The van der Waals surface area contributed by atoms with Crippen molar-refractivity contribution in [2.75, 3.05) is 0 Å². The first-order chi connectivity index (χ1) is 12.0. The molecule has 0 radical (unpaired) electrons. The highest BCUT2D eigenvalue weighted by atomic mass is 19.2. The van der Waals surface area contributed by atoms with Crippen molar-refractivity contribution in [3.63, 3.8) is 0 Å². The Kier molecular flexibility index (Phi) is 4.10. The van der Waals surface area contributed by atoms with Crippen LogP contribution in [0.2, 0.25) is 0 Å². The zero-order valence-electron chi connectivity index (χ0n) is 14.4. The number of amides is 1. The minimum Gasteiger partial charge on any atom is -0.348 e. The van der Waals surface area contributed by atoms with Gasteiger partial charge in [0.25, 0.3) is 5.91 Å². The van der Waals surface area contributed by atoms with Crippen LogP contribution in [0.4, 0.5) is 8.78 Å². The van der Waals surface area contributed by atoms with Crippen LogP contribution in [0.3, 0.4) is 0 Å². The Morgan fingerprint density at radius 2 is 1.96 bits per heavy atom. The molecule has 1 aromatic carbocycles. The van der Waals surface area contributed by atoms with E-state index in [1.54, 1.807) is 6.07 Å². The molecule has 0 spiro atoms. The molecule has 1 N–H and O–H groups in total. The van der Waals surface area contributed by atoms with Crippen LogP contribution < -0.4 is 5.32 Å². The van der Waals surface area contributed by atoms with Gasteiger partial charge in [0.15, 0.2) is 11.6 Å². The van der Waals surface area contributed by atoms with Gasteiger partial charge < -0.3 is 9.88 Å². The van der Waals surface area contributed by atoms with E-state index < -0.39 is 11.6 Å². The summed E-state index contributed by atoms with van der Waals surface area (Å²) in [5.41, 5.74) is 4.82. The van der Waals surface area contributed by atoms with E-state index in [2.05, 4.69) is 5.32 Å². The van der Waals surface area contributed by atoms with Gasteiger partial charge in [-0.15, -0.1) is 0 Å². The fourth-order valence-electron chi connectivity index (χ4n) is 3.84. The molecule has 1 amide bonds. The number of halogens is 2. The predicted molar refractivity (Wildman–Crippen MR) is 91.8 cm³/mol. The maximum atomic E-state index is 13.6. The molecule has 25 heavy (non-hydrogen) atoms. The summed E-state index contributed by atoms with van der Waals surface area (Å²) in [7, 11) is 0. The van der Waals surface area contributed by atoms with Crippen LogP contribution in [0.15, 0.2) is 18.2 Å². The molecule has 0 aliphatic heterocycles. The van der Waals surface area contributed by atoms with Gasteiger partial charge in [-0.2, -0.15) is 0 Å². The number of hydrogen-bond acceptors (Lipinski definition) is 1. The van der Waals surface area contributed by atoms with Gasteiger partial charge in [-0.1, -0.05) is 6.07 Å². The lowest BCUT2D eigenvalue weighted by Crippen LogP contribution is -2.29. The van der Waals surface area contributed by atoms with Gasteiger partial charge in [-0.3, -0.25) is 4.79 Å². The summed E-state index contributed by atoms with van der Waals surface area (Å²) in [5, 5.41) is 3.07. The average molecular weight is 344 g/mol. The van der Waals surface area contributed by atoms with Crippen molar-refractivity contribution < 1.29 is 13.6 Å². The fraction of sp³-hybridized carbons (Fsp3) is 0.450. The molecule has 132 valence electrons. The van der Waals surface area contributed by atoms with Crippen molar-refractivity contribution in [3.05, 3.63) is 57.9 Å². The van der Waals surface area contributed by atoms with Gasteiger partial charge in [0.05, 0.1) is 0 Å². The first-order valence-electron chi connectivity index (χ1n) is 9.00. The SMILES string of the molecule is Cc1c2c(n(Cc3ccc(F)c(F)c3)c1C(=O)NC1CC1)CCCC2. The van der Waals surface area contributed by atoms with E-state index >= 15 is 0 Å². The van der Waals surface area contributed by atoms with Gasteiger partial charge in [0, 0.05) is 18.3 Å². The van der Waals surface area contributed by atoms with Crippen molar-refractivity contribution in [1.29, 1.82) is 0 Å². The molecular formula is C20H22F2N2O. The molecule has 0 bridgehead atoms. The summed E-state index contributed by atoms with van der Waals surface area (Å²) in [6.07, 6.45) is 6.21. The molecule has 0 unspecified atom stereocenters. The number of benzene rings is 1. The smallest absolute Gasteiger partial charge is 0.268 e. The number of carbonyl (C=O) groups excluding carboxylic acids is 1. The van der Waals surface area contributed by atoms with E-state index in [0.717, 1.165) is 50.2 Å². The molecule has 2 aromatic rings. The van der Waals surface area contributed by atoms with Crippen LogP contribution >= 0.6 is 0 Å². The maximum Gasteiger partial charge on any atom is 0.268 e. The van der Waals surface area contributed by atoms with Crippen LogP contribution in [0.5, 0.6) is 0 Å². The van der Waals surface area contributed by atoms with Crippen LogP contribution in [0, 0.1) is 18.6 Å². The topological polar surface area (TPSA) is 34.0 Å². The number of aromatic nitrogens is 1. The normalized spacial score (nSPS) is 16.6. The summed E-state index contributed by atoms with van der Waals surface area (Å²) < 4.78 is 28.9. The van der Waals surface area contributed by atoms with Gasteiger partial charge in [0.1, 0.15) is 5.69 Å². The van der Waals surface area contributed by atoms with Crippen molar-refractivity contribution in [2.24, 2.45) is 0 Å². The molecule has 1 saturated carbocycles. The molecular weight excluding hydrogens is 322 g/mol. The first kappa shape index (κ1) is 16.3.